The van der Waals surface area contributed by atoms with Crippen molar-refractivity contribution in [2.75, 3.05) is 32.8 Å². The Hall–Kier alpha value is 0.360. The molecule has 1 heterocycles. The molecule has 0 aliphatic carbocycles. The van der Waals surface area contributed by atoms with E-state index in [1.807, 2.05) is 12.1 Å². The van der Waals surface area contributed by atoms with Crippen molar-refractivity contribution in [3.05, 3.63) is 24.8 Å². The predicted molar refractivity (Wildman–Crippen MR) is 101 cm³/mol. The molecule has 1 aromatic rings. The lowest BCUT2D eigenvalue weighted by atomic mass is 9.99. The number of aromatic hydroxyl groups is 1. The molecule has 2 rings (SSSR count). The van der Waals surface area contributed by atoms with Gasteiger partial charge in [-0.05, 0) is 82.6 Å². The van der Waals surface area contributed by atoms with Crippen molar-refractivity contribution in [3.63, 3.8) is 0 Å². The molecule has 4 nitrogen and oxygen atoms in total. The first-order valence-corrected chi connectivity index (χ1v) is 9.46. The standard InChI is InChI=1S/C15H22I2N2O2/c16-13-6-12(15(21)14(17)7-13)8-18-3-5-19-4-1-2-11(9-19)10-20/h6-7,11,18,20-21H,1-5,8-10H2. The van der Waals surface area contributed by atoms with Crippen LogP contribution in [0.3, 0.4) is 0 Å². The molecular weight excluding hydrogens is 494 g/mol. The van der Waals surface area contributed by atoms with Crippen LogP contribution in [0.4, 0.5) is 0 Å². The molecule has 1 unspecified atom stereocenters. The highest BCUT2D eigenvalue weighted by Gasteiger charge is 2.18. The van der Waals surface area contributed by atoms with Crippen LogP contribution in [0.25, 0.3) is 0 Å². The van der Waals surface area contributed by atoms with E-state index in [2.05, 4.69) is 55.4 Å². The first kappa shape index (κ1) is 17.7. The molecule has 6 heteroatoms. The molecule has 118 valence electrons. The van der Waals surface area contributed by atoms with Crippen LogP contribution in [0.2, 0.25) is 0 Å². The van der Waals surface area contributed by atoms with Crippen molar-refractivity contribution in [2.45, 2.75) is 19.4 Å². The summed E-state index contributed by atoms with van der Waals surface area (Å²) in [6, 6.07) is 4.00. The Balaban J connectivity index is 1.75. The molecule has 1 aromatic carbocycles. The fraction of sp³-hybridized carbons (Fsp3) is 0.600. The highest BCUT2D eigenvalue weighted by molar-refractivity contribution is 14.1. The Morgan fingerprint density at radius 3 is 2.90 bits per heavy atom. The number of rotatable bonds is 6. The molecule has 21 heavy (non-hydrogen) atoms. The van der Waals surface area contributed by atoms with Gasteiger partial charge in [0.25, 0.3) is 0 Å². The van der Waals surface area contributed by atoms with E-state index in [9.17, 15) is 10.2 Å². The maximum Gasteiger partial charge on any atom is 0.133 e. The van der Waals surface area contributed by atoms with Gasteiger partial charge in [-0.2, -0.15) is 0 Å². The van der Waals surface area contributed by atoms with Gasteiger partial charge in [0, 0.05) is 41.9 Å². The summed E-state index contributed by atoms with van der Waals surface area (Å²) in [4.78, 5) is 2.41. The molecular formula is C15H22I2N2O2. The zero-order chi connectivity index (χ0) is 15.2. The van der Waals surface area contributed by atoms with Crippen molar-refractivity contribution < 1.29 is 10.2 Å². The van der Waals surface area contributed by atoms with Gasteiger partial charge in [-0.15, -0.1) is 0 Å². The van der Waals surface area contributed by atoms with Crippen LogP contribution in [0.5, 0.6) is 5.75 Å². The van der Waals surface area contributed by atoms with Gasteiger partial charge in [0.15, 0.2) is 0 Å². The number of nitrogens with zero attached hydrogens (tertiary/aromatic N) is 1. The lowest BCUT2D eigenvalue weighted by molar-refractivity contribution is 0.121. The molecule has 1 atom stereocenters. The van der Waals surface area contributed by atoms with Crippen molar-refractivity contribution in [1.82, 2.24) is 10.2 Å². The van der Waals surface area contributed by atoms with E-state index in [0.717, 1.165) is 45.3 Å². The van der Waals surface area contributed by atoms with Crippen molar-refractivity contribution in [2.24, 2.45) is 5.92 Å². The summed E-state index contributed by atoms with van der Waals surface area (Å²) in [5.41, 5.74) is 0.957. The number of aliphatic hydroxyl groups excluding tert-OH is 1. The summed E-state index contributed by atoms with van der Waals surface area (Å²) in [5.74, 6) is 0.835. The molecule has 0 aromatic heterocycles. The number of piperidine rings is 1. The van der Waals surface area contributed by atoms with Crippen LogP contribution in [-0.2, 0) is 6.54 Å². The monoisotopic (exact) mass is 516 g/mol. The molecule has 1 aliphatic heterocycles. The molecule has 0 bridgehead atoms. The van der Waals surface area contributed by atoms with Gasteiger partial charge in [-0.25, -0.2) is 0 Å². The summed E-state index contributed by atoms with van der Waals surface area (Å²) >= 11 is 4.44. The summed E-state index contributed by atoms with van der Waals surface area (Å²) < 4.78 is 2.05. The second-order valence-corrected chi connectivity index (χ2v) is 7.97. The van der Waals surface area contributed by atoms with Gasteiger partial charge in [-0.1, -0.05) is 0 Å². The Labute approximate surface area is 153 Å². The van der Waals surface area contributed by atoms with Crippen molar-refractivity contribution in [1.29, 1.82) is 0 Å². The second kappa shape index (κ2) is 8.85. The number of hydrogen-bond donors (Lipinski definition) is 3. The summed E-state index contributed by atoms with van der Waals surface area (Å²) in [7, 11) is 0. The minimum atomic E-state index is 0.304. The molecule has 0 saturated carbocycles. The van der Waals surface area contributed by atoms with Crippen LogP contribution in [0.1, 0.15) is 18.4 Å². The first-order chi connectivity index (χ1) is 10.1. The molecule has 1 fully saturated rings. The number of benzene rings is 1. The first-order valence-electron chi connectivity index (χ1n) is 7.31. The zero-order valence-electron chi connectivity index (χ0n) is 12.0. The summed E-state index contributed by atoms with van der Waals surface area (Å²) in [6.07, 6.45) is 2.33. The highest BCUT2D eigenvalue weighted by atomic mass is 127. The van der Waals surface area contributed by atoms with Gasteiger partial charge in [0.1, 0.15) is 5.75 Å². The van der Waals surface area contributed by atoms with Crippen LogP contribution >= 0.6 is 45.2 Å². The van der Waals surface area contributed by atoms with Crippen molar-refractivity contribution in [3.8, 4) is 5.75 Å². The van der Waals surface area contributed by atoms with E-state index >= 15 is 0 Å². The van der Waals surface area contributed by atoms with Crippen molar-refractivity contribution >= 4 is 45.2 Å². The van der Waals surface area contributed by atoms with Gasteiger partial charge < -0.3 is 20.4 Å². The van der Waals surface area contributed by atoms with E-state index in [1.54, 1.807) is 0 Å². The number of hydrogen-bond acceptors (Lipinski definition) is 4. The molecule has 0 spiro atoms. The van der Waals surface area contributed by atoms with Crippen LogP contribution in [-0.4, -0.2) is 47.9 Å². The number of phenolic OH excluding ortho intramolecular Hbond substituents is 1. The molecule has 3 N–H and O–H groups in total. The predicted octanol–water partition coefficient (Wildman–Crippen LogP) is 2.40. The van der Waals surface area contributed by atoms with E-state index in [4.69, 9.17) is 0 Å². The van der Waals surface area contributed by atoms with E-state index < -0.39 is 0 Å². The normalized spacial score (nSPS) is 19.9. The Bertz CT molecular complexity index is 471. The number of likely N-dealkylation sites (tertiary alicyclic amines) is 1. The van der Waals surface area contributed by atoms with Gasteiger partial charge in [0.05, 0.1) is 3.57 Å². The number of nitrogens with one attached hydrogen (secondary N) is 1. The van der Waals surface area contributed by atoms with Gasteiger partial charge in [0.2, 0.25) is 0 Å². The third kappa shape index (κ3) is 5.49. The Kier molecular flexibility index (Phi) is 7.47. The maximum absolute atomic E-state index is 10.0. The third-order valence-corrected chi connectivity index (χ3v) is 5.33. The molecule has 1 saturated heterocycles. The number of phenols is 1. The maximum atomic E-state index is 10.0. The third-order valence-electron chi connectivity index (χ3n) is 3.89. The molecule has 1 aliphatic rings. The average Bonchev–Trinajstić information content (AvgIpc) is 2.48. The summed E-state index contributed by atoms with van der Waals surface area (Å²) in [5, 5.41) is 22.7. The number of halogens is 2. The molecule has 0 radical (unpaired) electrons. The largest absolute Gasteiger partial charge is 0.507 e. The topological polar surface area (TPSA) is 55.7 Å². The van der Waals surface area contributed by atoms with Crippen LogP contribution in [0, 0.1) is 13.1 Å². The average molecular weight is 516 g/mol. The fourth-order valence-corrected chi connectivity index (χ4v) is 4.68. The van der Waals surface area contributed by atoms with E-state index in [0.29, 0.717) is 24.8 Å². The van der Waals surface area contributed by atoms with Gasteiger partial charge >= 0.3 is 0 Å². The minimum Gasteiger partial charge on any atom is -0.507 e. The van der Waals surface area contributed by atoms with Gasteiger partial charge in [-0.3, -0.25) is 0 Å². The molecule has 0 amide bonds. The van der Waals surface area contributed by atoms with Crippen LogP contribution < -0.4 is 5.32 Å². The summed E-state index contributed by atoms with van der Waals surface area (Å²) in [6.45, 7) is 5.03. The number of aliphatic hydroxyl groups is 1. The quantitative estimate of drug-likeness (QED) is 0.402. The van der Waals surface area contributed by atoms with E-state index in [1.165, 1.54) is 6.42 Å². The van der Waals surface area contributed by atoms with E-state index in [-0.39, 0.29) is 0 Å². The smallest absolute Gasteiger partial charge is 0.133 e. The second-order valence-electron chi connectivity index (χ2n) is 5.56. The Morgan fingerprint density at radius 2 is 2.14 bits per heavy atom. The zero-order valence-corrected chi connectivity index (χ0v) is 16.3. The SMILES string of the molecule is OCC1CCCN(CCNCc2cc(I)cc(I)c2O)C1. The highest BCUT2D eigenvalue weighted by Crippen LogP contribution is 2.26. The lowest BCUT2D eigenvalue weighted by Gasteiger charge is -2.31. The Morgan fingerprint density at radius 1 is 1.33 bits per heavy atom. The minimum absolute atomic E-state index is 0.304. The fourth-order valence-electron chi connectivity index (χ4n) is 2.72. The lowest BCUT2D eigenvalue weighted by Crippen LogP contribution is -2.40. The van der Waals surface area contributed by atoms with Crippen LogP contribution in [0.15, 0.2) is 12.1 Å².